The quantitative estimate of drug-likeness (QED) is 0.387. The summed E-state index contributed by atoms with van der Waals surface area (Å²) in [6.45, 7) is 4.60. The molecule has 2 aromatic rings. The molecule has 6 atom stereocenters. The SMILES string of the molecule is CCOC(=O)[C@@H]1[C@@H]2CC(C)C3(S2)C(C(=O)NCn2nnc4ccccc42)N(CCCCO)C(=O)[C@H]13. The number of unbranched alkanes of at least 4 members (excludes halogenated alkanes) is 1. The number of aliphatic hydroxyl groups is 1. The molecule has 2 amide bonds. The third-order valence-electron chi connectivity index (χ3n) is 7.68. The van der Waals surface area contributed by atoms with Crippen LogP contribution in [0.1, 0.15) is 33.1 Å². The number of aliphatic hydroxyl groups excluding tert-OH is 1. The van der Waals surface area contributed by atoms with Crippen LogP contribution in [-0.4, -0.2) is 78.6 Å². The van der Waals surface area contributed by atoms with Crippen molar-refractivity contribution in [2.75, 3.05) is 19.8 Å². The smallest absolute Gasteiger partial charge is 0.310 e. The van der Waals surface area contributed by atoms with Gasteiger partial charge in [-0.3, -0.25) is 14.4 Å². The highest BCUT2D eigenvalue weighted by Gasteiger charge is 2.76. The molecule has 2 N–H and O–H groups in total. The zero-order chi connectivity index (χ0) is 24.7. The number of likely N-dealkylation sites (tertiary alicyclic amines) is 1. The van der Waals surface area contributed by atoms with Crippen molar-refractivity contribution in [3.05, 3.63) is 24.3 Å². The van der Waals surface area contributed by atoms with Crippen molar-refractivity contribution in [2.24, 2.45) is 17.8 Å². The predicted octanol–water partition coefficient (Wildman–Crippen LogP) is 1.18. The molecular formula is C24H31N5O5S. The number of carbonyl (C=O) groups is 3. The van der Waals surface area contributed by atoms with Gasteiger partial charge in [-0.1, -0.05) is 24.3 Å². The van der Waals surface area contributed by atoms with Gasteiger partial charge in [0.2, 0.25) is 11.8 Å². The van der Waals surface area contributed by atoms with Gasteiger partial charge in [-0.15, -0.1) is 16.9 Å². The fraction of sp³-hybridized carbons (Fsp3) is 0.625. The Morgan fingerprint density at radius 1 is 1.31 bits per heavy atom. The first-order valence-electron chi connectivity index (χ1n) is 12.3. The summed E-state index contributed by atoms with van der Waals surface area (Å²) in [5.74, 6) is -1.80. The lowest BCUT2D eigenvalue weighted by atomic mass is 9.66. The molecule has 3 aliphatic heterocycles. The highest BCUT2D eigenvalue weighted by Crippen LogP contribution is 2.68. The maximum Gasteiger partial charge on any atom is 0.310 e. The first-order valence-corrected chi connectivity index (χ1v) is 13.1. The van der Waals surface area contributed by atoms with Crippen molar-refractivity contribution < 1.29 is 24.2 Å². The Bertz CT molecular complexity index is 1140. The Hall–Kier alpha value is -2.66. The monoisotopic (exact) mass is 501 g/mol. The van der Waals surface area contributed by atoms with Gasteiger partial charge in [0.1, 0.15) is 18.2 Å². The van der Waals surface area contributed by atoms with E-state index in [4.69, 9.17) is 4.74 Å². The molecule has 0 aliphatic carbocycles. The first-order chi connectivity index (χ1) is 16.9. The number of thioether (sulfide) groups is 1. The average Bonchev–Trinajstić information content (AvgIpc) is 3.56. The van der Waals surface area contributed by atoms with E-state index in [1.54, 1.807) is 28.3 Å². The summed E-state index contributed by atoms with van der Waals surface area (Å²) in [4.78, 5) is 42.1. The van der Waals surface area contributed by atoms with Gasteiger partial charge in [-0.2, -0.15) is 0 Å². The zero-order valence-corrected chi connectivity index (χ0v) is 20.7. The molecule has 0 radical (unpaired) electrons. The molecule has 3 fully saturated rings. The van der Waals surface area contributed by atoms with Crippen LogP contribution >= 0.6 is 11.8 Å². The maximum atomic E-state index is 13.8. The van der Waals surface area contributed by atoms with Gasteiger partial charge in [0, 0.05) is 18.4 Å². The molecule has 3 aliphatic rings. The summed E-state index contributed by atoms with van der Waals surface area (Å²) in [5.41, 5.74) is 1.54. The fourth-order valence-corrected chi connectivity index (χ4v) is 8.65. The fourth-order valence-electron chi connectivity index (χ4n) is 6.24. The highest BCUT2D eigenvalue weighted by molar-refractivity contribution is 8.02. The van der Waals surface area contributed by atoms with Crippen LogP contribution < -0.4 is 5.32 Å². The van der Waals surface area contributed by atoms with Gasteiger partial charge in [0.25, 0.3) is 0 Å². The van der Waals surface area contributed by atoms with E-state index < -0.39 is 22.6 Å². The summed E-state index contributed by atoms with van der Waals surface area (Å²) in [6, 6.07) is 6.79. The number of rotatable bonds is 9. The van der Waals surface area contributed by atoms with E-state index in [-0.39, 0.29) is 48.8 Å². The van der Waals surface area contributed by atoms with Crippen LogP contribution in [0, 0.1) is 17.8 Å². The van der Waals surface area contributed by atoms with Crippen LogP contribution in [0.2, 0.25) is 0 Å². The molecule has 11 heteroatoms. The van der Waals surface area contributed by atoms with Gasteiger partial charge < -0.3 is 20.1 Å². The van der Waals surface area contributed by atoms with E-state index in [0.717, 1.165) is 17.5 Å². The number of nitrogens with zero attached hydrogens (tertiary/aromatic N) is 4. The highest BCUT2D eigenvalue weighted by atomic mass is 32.2. The number of esters is 1. The minimum atomic E-state index is -0.710. The molecule has 4 heterocycles. The van der Waals surface area contributed by atoms with Crippen molar-refractivity contribution in [2.45, 2.75) is 55.8 Å². The number of amides is 2. The van der Waals surface area contributed by atoms with Crippen LogP contribution in [-0.2, 0) is 25.8 Å². The summed E-state index contributed by atoms with van der Waals surface area (Å²) < 4.78 is 6.30. The topological polar surface area (TPSA) is 127 Å². The van der Waals surface area contributed by atoms with Crippen molar-refractivity contribution in [3.63, 3.8) is 0 Å². The molecule has 5 rings (SSSR count). The van der Waals surface area contributed by atoms with Crippen LogP contribution in [0.3, 0.4) is 0 Å². The Morgan fingerprint density at radius 3 is 2.89 bits per heavy atom. The van der Waals surface area contributed by atoms with Crippen LogP contribution in [0.15, 0.2) is 24.3 Å². The Labute approximate surface area is 207 Å². The number of fused-ring (bicyclic) bond motifs is 2. The second kappa shape index (κ2) is 9.42. The largest absolute Gasteiger partial charge is 0.466 e. The first kappa shape index (κ1) is 24.1. The second-order valence-electron chi connectivity index (χ2n) is 9.54. The third kappa shape index (κ3) is 3.70. The molecule has 10 nitrogen and oxygen atoms in total. The Balaban J connectivity index is 1.45. The van der Waals surface area contributed by atoms with Crippen LogP contribution in [0.4, 0.5) is 0 Å². The van der Waals surface area contributed by atoms with Crippen molar-refractivity contribution >= 4 is 40.6 Å². The summed E-state index contributed by atoms with van der Waals surface area (Å²) in [7, 11) is 0. The lowest BCUT2D eigenvalue weighted by molar-refractivity contribution is -0.154. The number of aromatic nitrogens is 3. The van der Waals surface area contributed by atoms with E-state index in [1.807, 2.05) is 24.3 Å². The molecule has 0 saturated carbocycles. The predicted molar refractivity (Wildman–Crippen MR) is 129 cm³/mol. The van der Waals surface area contributed by atoms with Gasteiger partial charge in [-0.05, 0) is 44.2 Å². The van der Waals surface area contributed by atoms with E-state index in [9.17, 15) is 19.5 Å². The lowest BCUT2D eigenvalue weighted by Gasteiger charge is -2.38. The molecule has 1 aromatic carbocycles. The molecule has 2 bridgehead atoms. The van der Waals surface area contributed by atoms with E-state index >= 15 is 0 Å². The number of benzene rings is 1. The van der Waals surface area contributed by atoms with Gasteiger partial charge in [0.15, 0.2) is 0 Å². The van der Waals surface area contributed by atoms with E-state index in [0.29, 0.717) is 19.4 Å². The normalized spacial score (nSPS) is 31.2. The Kier molecular flexibility index (Phi) is 6.47. The Morgan fingerprint density at radius 2 is 2.11 bits per heavy atom. The van der Waals surface area contributed by atoms with Crippen LogP contribution in [0.5, 0.6) is 0 Å². The number of ether oxygens (including phenoxy) is 1. The number of hydrogen-bond acceptors (Lipinski definition) is 8. The molecule has 3 unspecified atom stereocenters. The molecular weight excluding hydrogens is 470 g/mol. The minimum absolute atomic E-state index is 0.0194. The number of carbonyl (C=O) groups excluding carboxylic acids is 3. The minimum Gasteiger partial charge on any atom is -0.466 e. The standard InChI is InChI=1S/C24H31N5O5S/c1-3-34-23(33)18-17-12-14(2)24(35-17)19(18)22(32)28(10-6-7-11-30)20(24)21(31)25-13-29-16-9-5-4-8-15(16)26-27-29/h4-5,8-9,14,17-20,30H,3,6-7,10-13H2,1-2H3,(H,25,31)/t14?,17-,18+,19-,20?,24?/m0/s1. The number of para-hydroxylation sites is 1. The van der Waals surface area contributed by atoms with Crippen LogP contribution in [0.25, 0.3) is 11.0 Å². The van der Waals surface area contributed by atoms with Crippen molar-refractivity contribution in [3.8, 4) is 0 Å². The summed E-state index contributed by atoms with van der Waals surface area (Å²) in [5, 5.41) is 20.5. The van der Waals surface area contributed by atoms with Gasteiger partial charge >= 0.3 is 5.97 Å². The van der Waals surface area contributed by atoms with Gasteiger partial charge in [0.05, 0.1) is 28.7 Å². The summed E-state index contributed by atoms with van der Waals surface area (Å²) >= 11 is 1.62. The number of nitrogens with one attached hydrogen (secondary N) is 1. The molecule has 188 valence electrons. The maximum absolute atomic E-state index is 13.8. The third-order valence-corrected chi connectivity index (χ3v) is 9.76. The molecule has 3 saturated heterocycles. The van der Waals surface area contributed by atoms with Crippen molar-refractivity contribution in [1.82, 2.24) is 25.2 Å². The molecule has 1 spiro atoms. The van der Waals surface area contributed by atoms with Gasteiger partial charge in [-0.25, -0.2) is 4.68 Å². The van der Waals surface area contributed by atoms with E-state index in [2.05, 4.69) is 22.6 Å². The lowest BCUT2D eigenvalue weighted by Crippen LogP contribution is -2.56. The second-order valence-corrected chi connectivity index (χ2v) is 11.1. The number of hydrogen-bond donors (Lipinski definition) is 2. The molecule has 35 heavy (non-hydrogen) atoms. The molecule has 1 aromatic heterocycles. The summed E-state index contributed by atoms with van der Waals surface area (Å²) in [6.07, 6.45) is 1.88. The zero-order valence-electron chi connectivity index (χ0n) is 19.9. The van der Waals surface area contributed by atoms with Crippen molar-refractivity contribution in [1.29, 1.82) is 0 Å². The average molecular weight is 502 g/mol. The van der Waals surface area contributed by atoms with E-state index in [1.165, 1.54) is 0 Å².